The fraction of sp³-hybridized carbons (Fsp3) is 0.190. The largest absolute Gasteiger partial charge is 0.506 e. The van der Waals surface area contributed by atoms with Gasteiger partial charge in [0.05, 0.1) is 11.4 Å². The zero-order valence-corrected chi connectivity index (χ0v) is 14.8. The van der Waals surface area contributed by atoms with Gasteiger partial charge in [-0.1, -0.05) is 12.1 Å². The Balaban J connectivity index is 1.83. The van der Waals surface area contributed by atoms with Gasteiger partial charge < -0.3 is 20.8 Å². The van der Waals surface area contributed by atoms with E-state index in [1.807, 2.05) is 24.3 Å². The molecule has 2 aromatic rings. The summed E-state index contributed by atoms with van der Waals surface area (Å²) in [5.41, 5.74) is 4.34. The maximum atomic E-state index is 12.6. The first-order valence-corrected chi connectivity index (χ1v) is 8.49. The number of benzene rings is 2. The normalized spacial score (nSPS) is 17.1. The van der Waals surface area contributed by atoms with Gasteiger partial charge in [-0.3, -0.25) is 4.79 Å². The monoisotopic (exact) mass is 350 g/mol. The highest BCUT2D eigenvalue weighted by Crippen LogP contribution is 2.32. The fourth-order valence-electron chi connectivity index (χ4n) is 3.08. The predicted molar refractivity (Wildman–Crippen MR) is 106 cm³/mol. The number of Topliss-reactive ketones (excluding diaryl/α,β-unsaturated/α-hetero) is 1. The van der Waals surface area contributed by atoms with Crippen LogP contribution < -0.4 is 10.6 Å². The summed E-state index contributed by atoms with van der Waals surface area (Å²) in [4.78, 5) is 12.6. The second-order valence-corrected chi connectivity index (χ2v) is 6.22. The van der Waals surface area contributed by atoms with Gasteiger partial charge in [0.15, 0.2) is 5.78 Å². The molecule has 0 radical (unpaired) electrons. The van der Waals surface area contributed by atoms with E-state index in [2.05, 4.69) is 10.6 Å². The zero-order chi connectivity index (χ0) is 18.7. The molecule has 0 spiro atoms. The summed E-state index contributed by atoms with van der Waals surface area (Å²) in [6.07, 6.45) is 4.98. The predicted octanol–water partition coefficient (Wildman–Crippen LogP) is 4.01. The highest BCUT2D eigenvalue weighted by Gasteiger charge is 2.23. The summed E-state index contributed by atoms with van der Waals surface area (Å²) in [6.45, 7) is 0. The molecule has 0 bridgehead atoms. The van der Waals surface area contributed by atoms with Crippen molar-refractivity contribution in [1.82, 2.24) is 0 Å². The van der Waals surface area contributed by atoms with E-state index in [-0.39, 0.29) is 17.3 Å². The summed E-state index contributed by atoms with van der Waals surface area (Å²) in [7, 11) is 3.48. The number of nitrogens with one attached hydrogen (secondary N) is 2. The Hall–Kier alpha value is -3.21. The van der Waals surface area contributed by atoms with E-state index in [0.29, 0.717) is 24.2 Å². The number of phenols is 2. The Morgan fingerprint density at radius 1 is 0.808 bits per heavy atom. The Bertz CT molecular complexity index is 840. The number of allylic oxidation sites excluding steroid dienone is 2. The Labute approximate surface area is 152 Å². The molecule has 134 valence electrons. The van der Waals surface area contributed by atoms with Crippen molar-refractivity contribution in [1.29, 1.82) is 0 Å². The third-order valence-corrected chi connectivity index (χ3v) is 4.51. The first-order chi connectivity index (χ1) is 12.5. The number of rotatable bonds is 4. The molecule has 0 aromatic heterocycles. The maximum Gasteiger partial charge on any atom is 0.185 e. The first kappa shape index (κ1) is 17.6. The summed E-state index contributed by atoms with van der Waals surface area (Å²) in [5.74, 6) is 0.325. The molecule has 1 saturated carbocycles. The second-order valence-electron chi connectivity index (χ2n) is 6.22. The van der Waals surface area contributed by atoms with Gasteiger partial charge in [-0.15, -0.1) is 0 Å². The van der Waals surface area contributed by atoms with Gasteiger partial charge in [-0.2, -0.15) is 0 Å². The number of hydrogen-bond donors (Lipinski definition) is 4. The Morgan fingerprint density at radius 2 is 1.23 bits per heavy atom. The minimum absolute atomic E-state index is 0.0133. The highest BCUT2D eigenvalue weighted by atomic mass is 16.3. The van der Waals surface area contributed by atoms with Crippen molar-refractivity contribution in [2.24, 2.45) is 0 Å². The van der Waals surface area contributed by atoms with Crippen molar-refractivity contribution in [3.8, 4) is 11.5 Å². The van der Waals surface area contributed by atoms with Crippen LogP contribution in [0, 0.1) is 0 Å². The third-order valence-electron chi connectivity index (χ3n) is 4.51. The van der Waals surface area contributed by atoms with Gasteiger partial charge in [-0.25, -0.2) is 0 Å². The number of ketones is 1. The molecule has 2 aromatic carbocycles. The molecule has 0 heterocycles. The molecule has 26 heavy (non-hydrogen) atoms. The van der Waals surface area contributed by atoms with Crippen LogP contribution in [-0.2, 0) is 4.79 Å². The lowest BCUT2D eigenvalue weighted by Crippen LogP contribution is -1.96. The molecule has 4 N–H and O–H groups in total. The van der Waals surface area contributed by atoms with Crippen LogP contribution in [0.25, 0.3) is 12.2 Å². The van der Waals surface area contributed by atoms with Crippen LogP contribution in [0.15, 0.2) is 47.5 Å². The molecule has 3 rings (SSSR count). The van der Waals surface area contributed by atoms with Gasteiger partial charge in [0.1, 0.15) is 11.5 Å². The van der Waals surface area contributed by atoms with E-state index >= 15 is 0 Å². The van der Waals surface area contributed by atoms with Crippen LogP contribution in [0.3, 0.4) is 0 Å². The first-order valence-electron chi connectivity index (χ1n) is 8.49. The lowest BCUT2D eigenvalue weighted by molar-refractivity contribution is -0.111. The number of carbonyl (C=O) groups excluding carboxylic acids is 1. The van der Waals surface area contributed by atoms with Crippen LogP contribution in [0.2, 0.25) is 0 Å². The fourth-order valence-corrected chi connectivity index (χ4v) is 3.08. The lowest BCUT2D eigenvalue weighted by atomic mass is 10.1. The van der Waals surface area contributed by atoms with Gasteiger partial charge in [0, 0.05) is 25.2 Å². The molecule has 1 fully saturated rings. The van der Waals surface area contributed by atoms with Crippen LogP contribution in [0.1, 0.15) is 24.0 Å². The van der Waals surface area contributed by atoms with Crippen LogP contribution in [0.5, 0.6) is 11.5 Å². The lowest BCUT2D eigenvalue weighted by Gasteiger charge is -2.05. The molecular formula is C21H22N2O3. The molecule has 1 aliphatic rings. The average Bonchev–Trinajstić information content (AvgIpc) is 2.95. The number of aromatic hydroxyl groups is 2. The van der Waals surface area contributed by atoms with E-state index in [4.69, 9.17) is 0 Å². The minimum Gasteiger partial charge on any atom is -0.506 e. The molecule has 0 saturated heterocycles. The van der Waals surface area contributed by atoms with Gasteiger partial charge >= 0.3 is 0 Å². The summed E-state index contributed by atoms with van der Waals surface area (Å²) in [6, 6.07) is 10.6. The molecule has 0 aliphatic heterocycles. The third kappa shape index (κ3) is 3.57. The van der Waals surface area contributed by atoms with Crippen molar-refractivity contribution in [3.63, 3.8) is 0 Å². The average molecular weight is 350 g/mol. The van der Waals surface area contributed by atoms with E-state index in [0.717, 1.165) is 22.3 Å². The number of hydrogen-bond acceptors (Lipinski definition) is 5. The topological polar surface area (TPSA) is 81.6 Å². The van der Waals surface area contributed by atoms with Crippen LogP contribution >= 0.6 is 0 Å². The van der Waals surface area contributed by atoms with Crippen molar-refractivity contribution in [3.05, 3.63) is 58.7 Å². The van der Waals surface area contributed by atoms with E-state index in [9.17, 15) is 15.0 Å². The molecule has 0 unspecified atom stereocenters. The van der Waals surface area contributed by atoms with Crippen molar-refractivity contribution >= 4 is 29.3 Å². The Kier molecular flexibility index (Phi) is 4.98. The molecule has 5 heteroatoms. The standard InChI is InChI=1S/C21H22N2O3/c1-22-17-7-3-13(11-19(17)24)9-15-5-6-16(21(15)26)10-14-4-8-18(23-2)20(25)12-14/h3-4,7-12,22-25H,5-6H2,1-2H3. The molecule has 5 nitrogen and oxygen atoms in total. The van der Waals surface area contributed by atoms with Gasteiger partial charge in [-0.05, 0) is 60.4 Å². The van der Waals surface area contributed by atoms with Crippen molar-refractivity contribution in [2.75, 3.05) is 24.7 Å². The van der Waals surface area contributed by atoms with E-state index in [1.54, 1.807) is 38.4 Å². The smallest absolute Gasteiger partial charge is 0.185 e. The van der Waals surface area contributed by atoms with E-state index < -0.39 is 0 Å². The van der Waals surface area contributed by atoms with Gasteiger partial charge in [0.25, 0.3) is 0 Å². The van der Waals surface area contributed by atoms with E-state index in [1.165, 1.54) is 0 Å². The van der Waals surface area contributed by atoms with Crippen LogP contribution in [0.4, 0.5) is 11.4 Å². The number of anilines is 2. The van der Waals surface area contributed by atoms with Gasteiger partial charge in [0.2, 0.25) is 0 Å². The molecule has 0 amide bonds. The SMILES string of the molecule is CNc1ccc(C=C2CCC(=Cc3ccc(NC)c(O)c3)C2=O)cc1O. The highest BCUT2D eigenvalue weighted by molar-refractivity contribution is 6.15. The van der Waals surface area contributed by atoms with Crippen molar-refractivity contribution in [2.45, 2.75) is 12.8 Å². The quantitative estimate of drug-likeness (QED) is 0.495. The number of carbonyl (C=O) groups is 1. The summed E-state index contributed by atoms with van der Waals surface area (Å²) < 4.78 is 0. The zero-order valence-electron chi connectivity index (χ0n) is 14.8. The summed E-state index contributed by atoms with van der Waals surface area (Å²) in [5, 5.41) is 25.7. The Morgan fingerprint density at radius 3 is 1.58 bits per heavy atom. The molecule has 0 atom stereocenters. The van der Waals surface area contributed by atoms with Crippen molar-refractivity contribution < 1.29 is 15.0 Å². The molecule has 1 aliphatic carbocycles. The second kappa shape index (κ2) is 7.35. The molecular weight excluding hydrogens is 328 g/mol. The van der Waals surface area contributed by atoms with Crippen LogP contribution in [-0.4, -0.2) is 30.1 Å². The summed E-state index contributed by atoms with van der Waals surface area (Å²) >= 11 is 0. The minimum atomic E-state index is 0.0133. The maximum absolute atomic E-state index is 12.6. The number of phenolic OH excluding ortho intramolecular Hbond substituents is 2.